The second-order valence-corrected chi connectivity index (χ2v) is 22.8. The lowest BCUT2D eigenvalue weighted by molar-refractivity contribution is -0.143. The third-order valence-electron chi connectivity index (χ3n) is 15.3. The van der Waals surface area contributed by atoms with Crippen molar-refractivity contribution in [1.82, 2.24) is 5.32 Å². The first kappa shape index (κ1) is 73.6. The van der Waals surface area contributed by atoms with Gasteiger partial charge in [-0.25, -0.2) is 0 Å². The summed E-state index contributed by atoms with van der Waals surface area (Å²) in [5, 5.41) is 23.0. The van der Waals surface area contributed by atoms with Crippen molar-refractivity contribution in [2.45, 2.75) is 360 Å². The lowest BCUT2D eigenvalue weighted by atomic mass is 10.0. The van der Waals surface area contributed by atoms with Gasteiger partial charge >= 0.3 is 5.97 Å². The largest absolute Gasteiger partial charge is 0.466 e. The molecule has 0 aliphatic heterocycles. The van der Waals surface area contributed by atoms with Crippen LogP contribution in [0.5, 0.6) is 0 Å². The zero-order valence-electron chi connectivity index (χ0n) is 50.7. The predicted molar refractivity (Wildman–Crippen MR) is 333 cm³/mol. The second kappa shape index (κ2) is 65.1. The van der Waals surface area contributed by atoms with Crippen LogP contribution >= 0.6 is 0 Å². The van der Waals surface area contributed by atoms with E-state index in [1.807, 2.05) is 6.08 Å². The van der Waals surface area contributed by atoms with Crippen molar-refractivity contribution in [3.63, 3.8) is 0 Å². The monoisotopic (exact) mass is 1060 g/mol. The molecule has 0 aromatic carbocycles. The van der Waals surface area contributed by atoms with Gasteiger partial charge in [0, 0.05) is 12.8 Å². The Hall–Kier alpha value is -2.44. The van der Waals surface area contributed by atoms with Gasteiger partial charge in [-0.05, 0) is 96.3 Å². The number of nitrogens with one attached hydrogen (secondary N) is 1. The molecule has 2 atom stereocenters. The summed E-state index contributed by atoms with van der Waals surface area (Å²) in [6.45, 7) is 4.85. The molecular weight excluding hydrogens is 935 g/mol. The number of esters is 1. The van der Waals surface area contributed by atoms with E-state index in [0.717, 1.165) is 57.8 Å². The molecule has 3 N–H and O–H groups in total. The quantitative estimate of drug-likeness (QED) is 0.0320. The molecule has 0 saturated carbocycles. The number of hydrogen-bond donors (Lipinski definition) is 3. The second-order valence-electron chi connectivity index (χ2n) is 22.8. The van der Waals surface area contributed by atoms with Crippen molar-refractivity contribution in [2.24, 2.45) is 0 Å². The Labute approximate surface area is 473 Å². The number of hydrogen-bond acceptors (Lipinski definition) is 5. The smallest absolute Gasteiger partial charge is 0.305 e. The fraction of sp³-hybridized carbons (Fsp3) is 0.829. The lowest BCUT2D eigenvalue weighted by Crippen LogP contribution is -2.45. The molecule has 76 heavy (non-hydrogen) atoms. The first-order chi connectivity index (χ1) is 37.5. The Morgan fingerprint density at radius 3 is 1.03 bits per heavy atom. The first-order valence-electron chi connectivity index (χ1n) is 33.6. The summed E-state index contributed by atoms with van der Waals surface area (Å²) in [6.07, 6.45) is 85.9. The molecular formula is C70H129NO5. The van der Waals surface area contributed by atoms with Gasteiger partial charge < -0.3 is 20.3 Å². The van der Waals surface area contributed by atoms with Gasteiger partial charge in [0.1, 0.15) is 0 Å². The lowest BCUT2D eigenvalue weighted by Gasteiger charge is -2.20. The zero-order valence-corrected chi connectivity index (χ0v) is 50.7. The molecule has 0 aromatic heterocycles. The SMILES string of the molecule is CCCCC/C=C\C/C=C\CCCCCCCCCC(=O)OCCCCCCCCCCC/C=C\C/C=C\CCCCCCCCCCCCCCCCCCCC(=O)NC(CO)C(O)/C=C/CCCCCCCCC. The summed E-state index contributed by atoms with van der Waals surface area (Å²) in [6, 6.07) is -0.625. The minimum absolute atomic E-state index is 0.00571. The van der Waals surface area contributed by atoms with Gasteiger partial charge in [0.2, 0.25) is 5.91 Å². The van der Waals surface area contributed by atoms with Gasteiger partial charge in [0.05, 0.1) is 25.4 Å². The number of rotatable bonds is 62. The normalized spacial score (nSPS) is 12.9. The fourth-order valence-electron chi connectivity index (χ4n) is 10.1. The minimum atomic E-state index is -0.841. The van der Waals surface area contributed by atoms with E-state index in [-0.39, 0.29) is 18.5 Å². The highest BCUT2D eigenvalue weighted by Gasteiger charge is 2.18. The summed E-state index contributed by atoms with van der Waals surface area (Å²) in [4.78, 5) is 24.5. The topological polar surface area (TPSA) is 95.9 Å². The average molecular weight is 1060 g/mol. The number of amides is 1. The fourth-order valence-corrected chi connectivity index (χ4v) is 10.1. The third kappa shape index (κ3) is 60.8. The van der Waals surface area contributed by atoms with Crippen LogP contribution in [0, 0.1) is 0 Å². The standard InChI is InChI=1S/C70H129NO5/c1-3-5-7-9-11-13-14-15-16-34-38-41-44-48-52-56-60-64-70(75)76-65-61-57-53-49-45-42-39-36-33-31-29-27-25-23-21-19-17-18-20-22-24-26-28-30-32-35-37-40-43-47-51-55-59-63-69(74)71-67(66-72)68(73)62-58-54-50-46-12-10-8-6-4-2/h11,13,15-16,21,23,27,29,58,62,67-68,72-73H,3-10,12,14,17-20,22,24-26,28,30-57,59-61,63-66H2,1-2H3,(H,71,74)/b13-11-,16-15-,23-21-,29-27-,62-58+. The van der Waals surface area contributed by atoms with Gasteiger partial charge in [-0.2, -0.15) is 0 Å². The Morgan fingerprint density at radius 2 is 0.658 bits per heavy atom. The Kier molecular flexibility index (Phi) is 63.0. The number of ether oxygens (including phenoxy) is 1. The molecule has 0 saturated heterocycles. The molecule has 0 radical (unpaired) electrons. The summed E-state index contributed by atoms with van der Waals surface area (Å²) in [5.41, 5.74) is 0. The van der Waals surface area contributed by atoms with Gasteiger partial charge in [0.15, 0.2) is 0 Å². The highest BCUT2D eigenvalue weighted by molar-refractivity contribution is 5.76. The molecule has 6 nitrogen and oxygen atoms in total. The molecule has 0 aromatic rings. The highest BCUT2D eigenvalue weighted by Crippen LogP contribution is 2.17. The molecule has 0 bridgehead atoms. The molecule has 0 aliphatic carbocycles. The van der Waals surface area contributed by atoms with Gasteiger partial charge in [0.25, 0.3) is 0 Å². The molecule has 0 rings (SSSR count). The van der Waals surface area contributed by atoms with Gasteiger partial charge in [-0.15, -0.1) is 0 Å². The molecule has 0 aliphatic rings. The number of allylic oxidation sites excluding steroid dienone is 9. The molecule has 0 heterocycles. The van der Waals surface area contributed by atoms with Gasteiger partial charge in [-0.1, -0.05) is 299 Å². The molecule has 444 valence electrons. The van der Waals surface area contributed by atoms with E-state index in [1.54, 1.807) is 6.08 Å². The number of aliphatic hydroxyl groups excluding tert-OH is 2. The molecule has 1 amide bonds. The van der Waals surface area contributed by atoms with Crippen LogP contribution in [-0.4, -0.2) is 47.4 Å². The van der Waals surface area contributed by atoms with Crippen LogP contribution in [-0.2, 0) is 14.3 Å². The van der Waals surface area contributed by atoms with Crippen LogP contribution in [0.2, 0.25) is 0 Å². The molecule has 0 spiro atoms. The minimum Gasteiger partial charge on any atom is -0.466 e. The maximum Gasteiger partial charge on any atom is 0.305 e. The number of carbonyl (C=O) groups excluding carboxylic acids is 2. The summed E-state index contributed by atoms with van der Waals surface area (Å²) in [7, 11) is 0. The first-order valence-corrected chi connectivity index (χ1v) is 33.6. The van der Waals surface area contributed by atoms with Crippen molar-refractivity contribution in [3.05, 3.63) is 60.8 Å². The maximum atomic E-state index is 12.4. The van der Waals surface area contributed by atoms with Gasteiger partial charge in [-0.3, -0.25) is 9.59 Å². The zero-order chi connectivity index (χ0) is 55.0. The number of aliphatic hydroxyl groups is 2. The van der Waals surface area contributed by atoms with Crippen LogP contribution in [0.3, 0.4) is 0 Å². The van der Waals surface area contributed by atoms with Crippen LogP contribution in [0.15, 0.2) is 60.8 Å². The van der Waals surface area contributed by atoms with Crippen molar-refractivity contribution in [2.75, 3.05) is 13.2 Å². The predicted octanol–water partition coefficient (Wildman–Crippen LogP) is 21.5. The Balaban J connectivity index is 3.37. The third-order valence-corrected chi connectivity index (χ3v) is 15.3. The van der Waals surface area contributed by atoms with Crippen molar-refractivity contribution >= 4 is 11.9 Å². The van der Waals surface area contributed by atoms with Crippen LogP contribution in [0.1, 0.15) is 348 Å². The number of unbranched alkanes of at least 4 members (excludes halogenated alkanes) is 43. The van der Waals surface area contributed by atoms with Crippen molar-refractivity contribution in [1.29, 1.82) is 0 Å². The summed E-state index contributed by atoms with van der Waals surface area (Å²) >= 11 is 0. The molecule has 2 unspecified atom stereocenters. The maximum absolute atomic E-state index is 12.4. The van der Waals surface area contributed by atoms with E-state index >= 15 is 0 Å². The van der Waals surface area contributed by atoms with Crippen LogP contribution in [0.4, 0.5) is 0 Å². The molecule has 6 heteroatoms. The summed E-state index contributed by atoms with van der Waals surface area (Å²) < 4.78 is 5.49. The van der Waals surface area contributed by atoms with Crippen molar-refractivity contribution in [3.8, 4) is 0 Å². The van der Waals surface area contributed by atoms with E-state index in [2.05, 4.69) is 67.8 Å². The average Bonchev–Trinajstić information content (AvgIpc) is 3.42. The van der Waals surface area contributed by atoms with Crippen LogP contribution in [0.25, 0.3) is 0 Å². The summed E-state index contributed by atoms with van der Waals surface area (Å²) in [5.74, 6) is -0.0629. The van der Waals surface area contributed by atoms with Crippen LogP contribution < -0.4 is 5.32 Å². The van der Waals surface area contributed by atoms with E-state index in [1.165, 1.54) is 263 Å². The van der Waals surface area contributed by atoms with E-state index in [9.17, 15) is 19.8 Å². The Morgan fingerprint density at radius 1 is 0.368 bits per heavy atom. The highest BCUT2D eigenvalue weighted by atomic mass is 16.5. The van der Waals surface area contributed by atoms with Crippen molar-refractivity contribution < 1.29 is 24.5 Å². The van der Waals surface area contributed by atoms with E-state index in [4.69, 9.17) is 4.74 Å². The van der Waals surface area contributed by atoms with E-state index in [0.29, 0.717) is 19.4 Å². The molecule has 0 fully saturated rings. The Bertz CT molecular complexity index is 1320. The number of carbonyl (C=O) groups is 2. The van der Waals surface area contributed by atoms with E-state index < -0.39 is 12.1 Å².